The van der Waals surface area contributed by atoms with Crippen LogP contribution >= 0.6 is 0 Å². The van der Waals surface area contributed by atoms with E-state index in [0.717, 1.165) is 44.5 Å². The van der Waals surface area contributed by atoms with Gasteiger partial charge in [0.15, 0.2) is 5.78 Å². The van der Waals surface area contributed by atoms with Crippen LogP contribution in [0.2, 0.25) is 0 Å². The van der Waals surface area contributed by atoms with Gasteiger partial charge in [-0.1, -0.05) is 99.6 Å². The van der Waals surface area contributed by atoms with Crippen molar-refractivity contribution in [2.45, 2.75) is 64.6 Å². The summed E-state index contributed by atoms with van der Waals surface area (Å²) < 4.78 is 6.33. The summed E-state index contributed by atoms with van der Waals surface area (Å²) in [7, 11) is 0. The topological polar surface area (TPSA) is 29.5 Å². The molecule has 0 saturated carbocycles. The Labute approximate surface area is 211 Å². The van der Waals surface area contributed by atoms with E-state index in [1.807, 2.05) is 12.1 Å². The van der Waals surface area contributed by atoms with E-state index in [4.69, 9.17) is 4.74 Å². The van der Waals surface area contributed by atoms with Crippen molar-refractivity contribution in [3.8, 4) is 11.1 Å². The van der Waals surface area contributed by atoms with Gasteiger partial charge < -0.3 is 9.64 Å². The minimum absolute atomic E-state index is 0.114. The van der Waals surface area contributed by atoms with Crippen LogP contribution in [0.4, 0.5) is 0 Å². The lowest BCUT2D eigenvalue weighted by Crippen LogP contribution is -2.37. The minimum Gasteiger partial charge on any atom is -0.373 e. The molecule has 3 aromatic carbocycles. The Morgan fingerprint density at radius 1 is 0.886 bits per heavy atom. The molecule has 0 N–H and O–H groups in total. The molecule has 3 heteroatoms. The smallest absolute Gasteiger partial charge is 0.162 e. The number of benzene rings is 3. The first-order valence-corrected chi connectivity index (χ1v) is 13.0. The Bertz CT molecular complexity index is 1070. The summed E-state index contributed by atoms with van der Waals surface area (Å²) in [4.78, 5) is 15.1. The number of piperidine rings is 1. The van der Waals surface area contributed by atoms with Crippen molar-refractivity contribution >= 4 is 5.78 Å². The molecule has 0 aliphatic carbocycles. The summed E-state index contributed by atoms with van der Waals surface area (Å²) in [5, 5.41) is 0. The Hall–Kier alpha value is -2.75. The average Bonchev–Trinajstić information content (AvgIpc) is 2.88. The third-order valence-electron chi connectivity index (χ3n) is 7.06. The zero-order chi connectivity index (χ0) is 24.7. The number of carbonyl (C=O) groups is 1. The molecule has 1 heterocycles. The van der Waals surface area contributed by atoms with Crippen molar-refractivity contribution in [2.24, 2.45) is 0 Å². The fourth-order valence-corrected chi connectivity index (χ4v) is 4.82. The number of hydrogen-bond donors (Lipinski definition) is 0. The summed E-state index contributed by atoms with van der Waals surface area (Å²) in [6.07, 6.45) is 3.93. The van der Waals surface area contributed by atoms with Crippen molar-refractivity contribution in [3.63, 3.8) is 0 Å². The lowest BCUT2D eigenvalue weighted by atomic mass is 9.86. The molecule has 0 bridgehead atoms. The lowest BCUT2D eigenvalue weighted by Gasteiger charge is -2.32. The van der Waals surface area contributed by atoms with Crippen LogP contribution in [-0.4, -0.2) is 36.4 Å². The average molecular weight is 470 g/mol. The van der Waals surface area contributed by atoms with Crippen molar-refractivity contribution in [1.29, 1.82) is 0 Å². The molecule has 0 spiro atoms. The van der Waals surface area contributed by atoms with Crippen LogP contribution in [0.25, 0.3) is 11.1 Å². The zero-order valence-electron chi connectivity index (χ0n) is 21.5. The van der Waals surface area contributed by atoms with Crippen LogP contribution in [0.15, 0.2) is 78.9 Å². The molecule has 1 aliphatic rings. The molecule has 1 aliphatic heterocycles. The van der Waals surface area contributed by atoms with E-state index in [1.165, 1.54) is 22.3 Å². The second-order valence-corrected chi connectivity index (χ2v) is 10.7. The van der Waals surface area contributed by atoms with Gasteiger partial charge in [0.1, 0.15) is 0 Å². The van der Waals surface area contributed by atoms with Gasteiger partial charge >= 0.3 is 0 Å². The lowest BCUT2D eigenvalue weighted by molar-refractivity contribution is -0.00243. The van der Waals surface area contributed by atoms with E-state index < -0.39 is 0 Å². The van der Waals surface area contributed by atoms with Crippen LogP contribution in [0.5, 0.6) is 0 Å². The fourth-order valence-electron chi connectivity index (χ4n) is 4.82. The number of ether oxygens (including phenoxy) is 1. The molecule has 35 heavy (non-hydrogen) atoms. The summed E-state index contributed by atoms with van der Waals surface area (Å²) in [5.41, 5.74) is 5.95. The SMILES string of the molecule is CC(C)(C)c1ccc(C(=O)CCCN2CCC(OCc3ccccc3-c3ccccc3)CC2)cc1. The van der Waals surface area contributed by atoms with Gasteiger partial charge in [-0.05, 0) is 53.5 Å². The maximum absolute atomic E-state index is 12.6. The van der Waals surface area contributed by atoms with E-state index >= 15 is 0 Å². The number of ketones is 1. The number of likely N-dealkylation sites (tertiary alicyclic amines) is 1. The maximum atomic E-state index is 12.6. The highest BCUT2D eigenvalue weighted by Gasteiger charge is 2.20. The van der Waals surface area contributed by atoms with Crippen LogP contribution in [0.3, 0.4) is 0 Å². The van der Waals surface area contributed by atoms with Gasteiger partial charge in [-0.2, -0.15) is 0 Å². The molecule has 0 aromatic heterocycles. The van der Waals surface area contributed by atoms with Crippen LogP contribution < -0.4 is 0 Å². The quantitative estimate of drug-likeness (QED) is 0.308. The van der Waals surface area contributed by atoms with Crippen molar-refractivity contribution in [3.05, 3.63) is 95.6 Å². The van der Waals surface area contributed by atoms with Gasteiger partial charge in [-0.25, -0.2) is 0 Å². The second-order valence-electron chi connectivity index (χ2n) is 10.7. The van der Waals surface area contributed by atoms with Gasteiger partial charge in [-0.15, -0.1) is 0 Å². The Morgan fingerprint density at radius 3 is 2.23 bits per heavy atom. The molecule has 1 fully saturated rings. The molecule has 4 rings (SSSR count). The highest BCUT2D eigenvalue weighted by atomic mass is 16.5. The molecule has 0 amide bonds. The number of rotatable bonds is 9. The predicted octanol–water partition coefficient (Wildman–Crippen LogP) is 7.30. The minimum atomic E-state index is 0.114. The number of carbonyl (C=O) groups excluding carboxylic acids is 1. The van der Waals surface area contributed by atoms with E-state index in [2.05, 4.69) is 92.4 Å². The largest absolute Gasteiger partial charge is 0.373 e. The van der Waals surface area contributed by atoms with Crippen LogP contribution in [-0.2, 0) is 16.8 Å². The Kier molecular flexibility index (Phi) is 8.54. The molecule has 3 aromatic rings. The normalized spacial score (nSPS) is 15.3. The summed E-state index contributed by atoms with van der Waals surface area (Å²) in [5.74, 6) is 0.251. The first kappa shape index (κ1) is 25.3. The second kappa shape index (κ2) is 11.8. The van der Waals surface area contributed by atoms with Crippen LogP contribution in [0.1, 0.15) is 67.9 Å². The summed E-state index contributed by atoms with van der Waals surface area (Å²) >= 11 is 0. The Morgan fingerprint density at radius 2 is 1.54 bits per heavy atom. The standard InChI is InChI=1S/C32H39NO2/c1-32(2,3)28-17-15-26(16-18-28)31(34)14-9-21-33-22-19-29(20-23-33)35-24-27-12-7-8-13-30(27)25-10-5-4-6-11-25/h4-8,10-13,15-18,29H,9,14,19-24H2,1-3H3. The van der Waals surface area contributed by atoms with Crippen molar-refractivity contribution in [2.75, 3.05) is 19.6 Å². The van der Waals surface area contributed by atoms with Gasteiger partial charge in [0.2, 0.25) is 0 Å². The Balaban J connectivity index is 1.18. The molecule has 0 unspecified atom stereocenters. The van der Waals surface area contributed by atoms with Gasteiger partial charge in [0.25, 0.3) is 0 Å². The molecule has 184 valence electrons. The molecule has 0 radical (unpaired) electrons. The van der Waals surface area contributed by atoms with Crippen molar-refractivity contribution in [1.82, 2.24) is 4.90 Å². The van der Waals surface area contributed by atoms with E-state index in [-0.39, 0.29) is 11.2 Å². The highest BCUT2D eigenvalue weighted by molar-refractivity contribution is 5.96. The molecule has 1 saturated heterocycles. The number of hydrogen-bond acceptors (Lipinski definition) is 3. The van der Waals surface area contributed by atoms with E-state index in [0.29, 0.717) is 19.1 Å². The van der Waals surface area contributed by atoms with Gasteiger partial charge in [0, 0.05) is 25.1 Å². The zero-order valence-corrected chi connectivity index (χ0v) is 21.5. The highest BCUT2D eigenvalue weighted by Crippen LogP contribution is 2.26. The third-order valence-corrected chi connectivity index (χ3v) is 7.06. The van der Waals surface area contributed by atoms with Gasteiger partial charge in [-0.3, -0.25) is 4.79 Å². The molecular weight excluding hydrogens is 430 g/mol. The van der Waals surface area contributed by atoms with Crippen molar-refractivity contribution < 1.29 is 9.53 Å². The predicted molar refractivity (Wildman–Crippen MR) is 145 cm³/mol. The first-order chi connectivity index (χ1) is 16.9. The number of Topliss-reactive ketones (excluding diaryl/α,β-unsaturated/α-hetero) is 1. The van der Waals surface area contributed by atoms with E-state index in [9.17, 15) is 4.79 Å². The van der Waals surface area contributed by atoms with Crippen LogP contribution in [0, 0.1) is 0 Å². The molecular formula is C32H39NO2. The van der Waals surface area contributed by atoms with E-state index in [1.54, 1.807) is 0 Å². The monoisotopic (exact) mass is 469 g/mol. The fraction of sp³-hybridized carbons (Fsp3) is 0.406. The maximum Gasteiger partial charge on any atom is 0.162 e. The summed E-state index contributed by atoms with van der Waals surface area (Å²) in [6.45, 7) is 10.3. The van der Waals surface area contributed by atoms with Gasteiger partial charge in [0.05, 0.1) is 12.7 Å². The first-order valence-electron chi connectivity index (χ1n) is 13.0. The molecule has 0 atom stereocenters. The number of nitrogens with zero attached hydrogens (tertiary/aromatic N) is 1. The summed E-state index contributed by atoms with van der Waals surface area (Å²) in [6, 6.07) is 27.2. The third kappa shape index (κ3) is 7.13. The molecule has 3 nitrogen and oxygen atoms in total.